The van der Waals surface area contributed by atoms with Crippen LogP contribution >= 0.6 is 23.0 Å². The van der Waals surface area contributed by atoms with E-state index < -0.39 is 0 Å². The van der Waals surface area contributed by atoms with E-state index in [4.69, 9.17) is 3.07 Å². The molecule has 0 radical (unpaired) electrons. The molecule has 0 unspecified atom stereocenters. The van der Waals surface area contributed by atoms with Crippen molar-refractivity contribution in [3.05, 3.63) is 30.1 Å². The summed E-state index contributed by atoms with van der Waals surface area (Å²) in [7, 11) is 0. The Labute approximate surface area is 66.5 Å². The molecule has 0 bridgehead atoms. The van der Waals surface area contributed by atoms with Crippen molar-refractivity contribution < 1.29 is 7.46 Å². The summed E-state index contributed by atoms with van der Waals surface area (Å²) in [5, 5.41) is 0. The smallest absolute Gasteiger partial charge is 0.192 e. The standard InChI is InChI=1S/C6H4FIO/c7-5-1-3-6(9-8)4-2-5/h1-4H. The Balaban J connectivity index is 2.88. The first-order chi connectivity index (χ1) is 4.33. The van der Waals surface area contributed by atoms with Crippen molar-refractivity contribution in [2.45, 2.75) is 0 Å². The Kier molecular flexibility index (Phi) is 2.27. The highest BCUT2D eigenvalue weighted by atomic mass is 127. The van der Waals surface area contributed by atoms with Gasteiger partial charge in [-0.05, 0) is 24.3 Å². The molecule has 0 heterocycles. The van der Waals surface area contributed by atoms with Gasteiger partial charge in [0.1, 0.15) is 11.6 Å². The number of benzene rings is 1. The topological polar surface area (TPSA) is 9.23 Å². The van der Waals surface area contributed by atoms with Crippen molar-refractivity contribution >= 4 is 23.0 Å². The fraction of sp³-hybridized carbons (Fsp3) is 0. The van der Waals surface area contributed by atoms with E-state index in [1.54, 1.807) is 35.1 Å². The second kappa shape index (κ2) is 3.00. The van der Waals surface area contributed by atoms with Crippen molar-refractivity contribution in [1.82, 2.24) is 0 Å². The van der Waals surface area contributed by atoms with Crippen molar-refractivity contribution in [3.8, 4) is 5.75 Å². The Morgan fingerprint density at radius 3 is 2.22 bits per heavy atom. The zero-order chi connectivity index (χ0) is 6.69. The van der Waals surface area contributed by atoms with Gasteiger partial charge in [-0.3, -0.25) is 0 Å². The fourth-order valence-corrected chi connectivity index (χ4v) is 0.780. The maximum atomic E-state index is 12.2. The molecule has 3 heteroatoms. The van der Waals surface area contributed by atoms with Crippen LogP contribution in [0.15, 0.2) is 24.3 Å². The van der Waals surface area contributed by atoms with Gasteiger partial charge < -0.3 is 3.07 Å². The van der Waals surface area contributed by atoms with Crippen LogP contribution in [0.5, 0.6) is 5.75 Å². The van der Waals surface area contributed by atoms with E-state index in [2.05, 4.69) is 0 Å². The lowest BCUT2D eigenvalue weighted by Crippen LogP contribution is -1.73. The third-order valence-electron chi connectivity index (χ3n) is 0.903. The summed E-state index contributed by atoms with van der Waals surface area (Å²) in [6, 6.07) is 5.85. The molecular formula is C6H4FIO. The molecule has 0 N–H and O–H groups in total. The average Bonchev–Trinajstić information content (AvgIpc) is 1.90. The van der Waals surface area contributed by atoms with Crippen LogP contribution in [0.2, 0.25) is 0 Å². The van der Waals surface area contributed by atoms with Gasteiger partial charge in [0, 0.05) is 0 Å². The predicted octanol–water partition coefficient (Wildman–Crippen LogP) is 2.55. The Bertz CT molecular complexity index is 185. The van der Waals surface area contributed by atoms with Gasteiger partial charge in [0.05, 0.1) is 0 Å². The average molecular weight is 238 g/mol. The zero-order valence-electron chi connectivity index (χ0n) is 4.47. The monoisotopic (exact) mass is 238 g/mol. The lowest BCUT2D eigenvalue weighted by Gasteiger charge is -1.92. The zero-order valence-corrected chi connectivity index (χ0v) is 6.63. The van der Waals surface area contributed by atoms with E-state index in [0.717, 1.165) is 0 Å². The van der Waals surface area contributed by atoms with Gasteiger partial charge in [-0.15, -0.1) is 0 Å². The van der Waals surface area contributed by atoms with Crippen LogP contribution in [-0.4, -0.2) is 0 Å². The second-order valence-electron chi connectivity index (χ2n) is 1.53. The molecule has 1 nitrogen and oxygen atoms in total. The van der Waals surface area contributed by atoms with E-state index >= 15 is 0 Å². The molecule has 0 aromatic heterocycles. The van der Waals surface area contributed by atoms with Crippen LogP contribution in [0.4, 0.5) is 4.39 Å². The third kappa shape index (κ3) is 1.82. The number of hydrogen-bond donors (Lipinski definition) is 0. The minimum Gasteiger partial charge on any atom is -0.428 e. The fourth-order valence-electron chi connectivity index (χ4n) is 0.486. The number of halogens is 2. The molecule has 0 fully saturated rings. The molecule has 0 aliphatic rings. The minimum absolute atomic E-state index is 0.243. The summed E-state index contributed by atoms with van der Waals surface area (Å²) in [5.41, 5.74) is 0. The van der Waals surface area contributed by atoms with E-state index in [9.17, 15) is 4.39 Å². The molecule has 1 rings (SSSR count). The van der Waals surface area contributed by atoms with Gasteiger partial charge in [-0.1, -0.05) is 0 Å². The summed E-state index contributed by atoms with van der Waals surface area (Å²) in [6.07, 6.45) is 0. The molecule has 48 valence electrons. The summed E-state index contributed by atoms with van der Waals surface area (Å²) < 4.78 is 16.9. The van der Waals surface area contributed by atoms with E-state index in [1.807, 2.05) is 0 Å². The van der Waals surface area contributed by atoms with E-state index in [-0.39, 0.29) is 5.82 Å². The Morgan fingerprint density at radius 1 is 1.22 bits per heavy atom. The van der Waals surface area contributed by atoms with Crippen LogP contribution in [0, 0.1) is 5.82 Å². The van der Waals surface area contributed by atoms with Crippen molar-refractivity contribution in [1.29, 1.82) is 0 Å². The first kappa shape index (κ1) is 6.80. The van der Waals surface area contributed by atoms with Gasteiger partial charge in [-0.25, -0.2) is 4.39 Å². The molecule has 0 amide bonds. The summed E-state index contributed by atoms with van der Waals surface area (Å²) in [6.45, 7) is 0. The summed E-state index contributed by atoms with van der Waals surface area (Å²) in [5.74, 6) is 0.421. The van der Waals surface area contributed by atoms with Crippen molar-refractivity contribution in [2.24, 2.45) is 0 Å². The Hall–Kier alpha value is -0.320. The van der Waals surface area contributed by atoms with Gasteiger partial charge in [0.25, 0.3) is 0 Å². The highest BCUT2D eigenvalue weighted by molar-refractivity contribution is 14.1. The lowest BCUT2D eigenvalue weighted by molar-refractivity contribution is 0.622. The maximum absolute atomic E-state index is 12.2. The molecule has 1 aromatic carbocycles. The number of hydrogen-bond acceptors (Lipinski definition) is 1. The molecular weight excluding hydrogens is 234 g/mol. The maximum Gasteiger partial charge on any atom is 0.192 e. The molecule has 0 spiro atoms. The largest absolute Gasteiger partial charge is 0.428 e. The third-order valence-corrected chi connectivity index (χ3v) is 1.41. The van der Waals surface area contributed by atoms with Crippen LogP contribution in [0.25, 0.3) is 0 Å². The van der Waals surface area contributed by atoms with Crippen LogP contribution in [0.3, 0.4) is 0 Å². The normalized spacial score (nSPS) is 9.11. The highest BCUT2D eigenvalue weighted by Gasteiger charge is 1.89. The van der Waals surface area contributed by atoms with Gasteiger partial charge >= 0.3 is 0 Å². The molecule has 0 saturated carbocycles. The molecule has 0 atom stereocenters. The second-order valence-corrected chi connectivity index (χ2v) is 1.97. The van der Waals surface area contributed by atoms with E-state index in [1.165, 1.54) is 12.1 Å². The Morgan fingerprint density at radius 2 is 1.78 bits per heavy atom. The van der Waals surface area contributed by atoms with Crippen LogP contribution < -0.4 is 3.07 Å². The van der Waals surface area contributed by atoms with Crippen molar-refractivity contribution in [2.75, 3.05) is 0 Å². The van der Waals surface area contributed by atoms with E-state index in [0.29, 0.717) is 5.75 Å². The first-order valence-corrected chi connectivity index (χ1v) is 3.25. The highest BCUT2D eigenvalue weighted by Crippen LogP contribution is 2.12. The van der Waals surface area contributed by atoms with Gasteiger partial charge in [0.15, 0.2) is 23.0 Å². The SMILES string of the molecule is Fc1ccc(OI)cc1. The van der Waals surface area contributed by atoms with Crippen LogP contribution in [-0.2, 0) is 0 Å². The molecule has 9 heavy (non-hydrogen) atoms. The van der Waals surface area contributed by atoms with Crippen LogP contribution in [0.1, 0.15) is 0 Å². The minimum atomic E-state index is -0.243. The van der Waals surface area contributed by atoms with Gasteiger partial charge in [0.2, 0.25) is 0 Å². The number of rotatable bonds is 1. The predicted molar refractivity (Wildman–Crippen MR) is 41.0 cm³/mol. The summed E-state index contributed by atoms with van der Waals surface area (Å²) in [4.78, 5) is 0. The first-order valence-electron chi connectivity index (χ1n) is 2.37. The molecule has 1 aromatic rings. The quantitative estimate of drug-likeness (QED) is 0.683. The molecule has 0 aliphatic carbocycles. The van der Waals surface area contributed by atoms with Gasteiger partial charge in [-0.2, -0.15) is 0 Å². The lowest BCUT2D eigenvalue weighted by atomic mass is 10.3. The summed E-state index contributed by atoms with van der Waals surface area (Å²) >= 11 is 1.74. The van der Waals surface area contributed by atoms with Crippen molar-refractivity contribution in [3.63, 3.8) is 0 Å². The molecule has 0 saturated heterocycles. The molecule has 0 aliphatic heterocycles.